The van der Waals surface area contributed by atoms with Gasteiger partial charge < -0.3 is 19.5 Å². The van der Waals surface area contributed by atoms with Crippen molar-refractivity contribution < 1.29 is 23.8 Å². The number of nitriles is 1. The maximum atomic E-state index is 11.9. The van der Waals surface area contributed by atoms with E-state index in [2.05, 4.69) is 16.4 Å². The van der Waals surface area contributed by atoms with Crippen LogP contribution in [0.25, 0.3) is 16.8 Å². The smallest absolute Gasteiger partial charge is 0.337 e. The van der Waals surface area contributed by atoms with Crippen molar-refractivity contribution in [1.82, 2.24) is 4.98 Å². The van der Waals surface area contributed by atoms with Crippen molar-refractivity contribution in [1.29, 1.82) is 5.26 Å². The molecule has 1 heterocycles. The number of hydrogen-bond donors (Lipinski definition) is 1. The Hall–Kier alpha value is -4.16. The Morgan fingerprint density at radius 1 is 1.06 bits per heavy atom. The second-order valence-corrected chi connectivity index (χ2v) is 7.22. The summed E-state index contributed by atoms with van der Waals surface area (Å²) in [7, 11) is 4.08. The van der Waals surface area contributed by atoms with Crippen LogP contribution in [0.4, 0.5) is 5.69 Å². The highest BCUT2D eigenvalue weighted by atomic mass is 32.1. The number of nitrogens with one attached hydrogen (secondary N) is 1. The highest BCUT2D eigenvalue weighted by Crippen LogP contribution is 2.28. The van der Waals surface area contributed by atoms with Crippen LogP contribution >= 0.6 is 11.3 Å². The van der Waals surface area contributed by atoms with Gasteiger partial charge in [-0.05, 0) is 30.3 Å². The normalized spacial score (nSPS) is 10.8. The van der Waals surface area contributed by atoms with Gasteiger partial charge in [0, 0.05) is 22.8 Å². The molecule has 32 heavy (non-hydrogen) atoms. The summed E-state index contributed by atoms with van der Waals surface area (Å²) in [6, 6.07) is 14.0. The van der Waals surface area contributed by atoms with Gasteiger partial charge in [-0.25, -0.2) is 14.6 Å². The summed E-state index contributed by atoms with van der Waals surface area (Å²) in [5.41, 5.74) is 2.60. The monoisotopic (exact) mass is 449 g/mol. The number of nitrogens with zero attached hydrogens (tertiary/aromatic N) is 2. The van der Waals surface area contributed by atoms with Crippen LogP contribution in [0.5, 0.6) is 5.75 Å². The quantitative estimate of drug-likeness (QED) is 0.418. The van der Waals surface area contributed by atoms with E-state index < -0.39 is 11.9 Å². The molecule has 1 N–H and O–H groups in total. The van der Waals surface area contributed by atoms with E-state index in [0.717, 1.165) is 5.56 Å². The number of ether oxygens (including phenoxy) is 3. The Morgan fingerprint density at radius 2 is 1.75 bits per heavy atom. The van der Waals surface area contributed by atoms with Crippen LogP contribution in [0, 0.1) is 11.3 Å². The molecule has 0 aliphatic heterocycles. The fourth-order valence-corrected chi connectivity index (χ4v) is 3.59. The van der Waals surface area contributed by atoms with Crippen molar-refractivity contribution in [2.75, 3.05) is 26.6 Å². The van der Waals surface area contributed by atoms with Crippen LogP contribution < -0.4 is 10.1 Å². The lowest BCUT2D eigenvalue weighted by molar-refractivity contribution is 0.0599. The van der Waals surface area contributed by atoms with E-state index in [1.807, 2.05) is 29.6 Å². The molecule has 2 aromatic carbocycles. The van der Waals surface area contributed by atoms with E-state index in [1.54, 1.807) is 7.11 Å². The van der Waals surface area contributed by atoms with Crippen LogP contribution in [0.3, 0.4) is 0 Å². The average molecular weight is 449 g/mol. The summed E-state index contributed by atoms with van der Waals surface area (Å²) in [5, 5.41) is 14.9. The van der Waals surface area contributed by atoms with Gasteiger partial charge in [-0.1, -0.05) is 12.1 Å². The zero-order valence-corrected chi connectivity index (χ0v) is 18.4. The number of aromatic nitrogens is 1. The Morgan fingerprint density at radius 3 is 2.34 bits per heavy atom. The summed E-state index contributed by atoms with van der Waals surface area (Å²) >= 11 is 1.32. The van der Waals surface area contributed by atoms with Crippen molar-refractivity contribution in [2.24, 2.45) is 0 Å². The van der Waals surface area contributed by atoms with Gasteiger partial charge in [-0.3, -0.25) is 0 Å². The molecule has 9 heteroatoms. The number of allylic oxidation sites excluding steroid dienone is 1. The first kappa shape index (κ1) is 22.5. The summed E-state index contributed by atoms with van der Waals surface area (Å²) in [5.74, 6) is -0.501. The fourth-order valence-electron chi connectivity index (χ4n) is 2.79. The maximum Gasteiger partial charge on any atom is 0.337 e. The number of rotatable bonds is 7. The Kier molecular flexibility index (Phi) is 7.21. The highest BCUT2D eigenvalue weighted by Gasteiger charge is 2.14. The van der Waals surface area contributed by atoms with E-state index in [0.29, 0.717) is 22.1 Å². The molecular weight excluding hydrogens is 430 g/mol. The summed E-state index contributed by atoms with van der Waals surface area (Å²) < 4.78 is 14.7. The number of hydrogen-bond acceptors (Lipinski definition) is 9. The lowest BCUT2D eigenvalue weighted by Gasteiger charge is -2.08. The Bertz CT molecular complexity index is 1190. The zero-order chi connectivity index (χ0) is 23.1. The maximum absolute atomic E-state index is 11.9. The minimum Gasteiger partial charge on any atom is -0.497 e. The van der Waals surface area contributed by atoms with E-state index in [1.165, 1.54) is 50.0 Å². The molecule has 0 bridgehead atoms. The molecule has 0 aliphatic rings. The number of methoxy groups -OCH3 is 3. The topological polar surface area (TPSA) is 111 Å². The largest absolute Gasteiger partial charge is 0.497 e. The third kappa shape index (κ3) is 5.11. The van der Waals surface area contributed by atoms with E-state index in [4.69, 9.17) is 14.2 Å². The molecule has 0 saturated heterocycles. The molecule has 3 rings (SSSR count). The predicted octanol–water partition coefficient (Wildman–Crippen LogP) is 4.37. The number of carbonyl (C=O) groups is 2. The molecule has 0 spiro atoms. The van der Waals surface area contributed by atoms with Gasteiger partial charge in [0.25, 0.3) is 0 Å². The van der Waals surface area contributed by atoms with Gasteiger partial charge in [-0.15, -0.1) is 11.3 Å². The number of thiazole rings is 1. The summed E-state index contributed by atoms with van der Waals surface area (Å²) in [4.78, 5) is 28.4. The van der Waals surface area contributed by atoms with Gasteiger partial charge in [0.05, 0.1) is 38.2 Å². The number of esters is 2. The third-order valence-electron chi connectivity index (χ3n) is 4.38. The van der Waals surface area contributed by atoms with Gasteiger partial charge in [0.2, 0.25) is 0 Å². The minimum atomic E-state index is -0.605. The molecular formula is C23H19N3O5S. The zero-order valence-electron chi connectivity index (χ0n) is 17.5. The molecule has 0 amide bonds. The first-order valence-corrected chi connectivity index (χ1v) is 10.2. The number of carbonyl (C=O) groups excluding carboxylic acids is 2. The minimum absolute atomic E-state index is 0.166. The SMILES string of the molecule is COC(=O)c1cc(NC=C(C#N)c2nc(-c3cccc(OC)c3)cs2)cc(C(=O)OC)c1. The molecule has 0 radical (unpaired) electrons. The molecule has 3 aromatic rings. The third-order valence-corrected chi connectivity index (χ3v) is 5.25. The highest BCUT2D eigenvalue weighted by molar-refractivity contribution is 7.11. The standard InChI is InChI=1S/C23H19N3O5S/c1-29-19-6-4-5-14(10-19)20-13-32-21(26-20)17(11-24)12-25-18-8-15(22(27)30-2)7-16(9-18)23(28)31-3/h4-10,12-13,25H,1-3H3. The van der Waals surface area contributed by atoms with E-state index in [-0.39, 0.29) is 16.7 Å². The van der Waals surface area contributed by atoms with Crippen molar-refractivity contribution in [3.63, 3.8) is 0 Å². The van der Waals surface area contributed by atoms with Gasteiger partial charge in [0.15, 0.2) is 0 Å². The predicted molar refractivity (Wildman–Crippen MR) is 120 cm³/mol. The molecule has 0 fully saturated rings. The van der Waals surface area contributed by atoms with Crippen molar-refractivity contribution >= 4 is 34.5 Å². The van der Waals surface area contributed by atoms with Gasteiger partial charge in [-0.2, -0.15) is 5.26 Å². The number of benzene rings is 2. The van der Waals surface area contributed by atoms with E-state index >= 15 is 0 Å². The van der Waals surface area contributed by atoms with Gasteiger partial charge in [0.1, 0.15) is 22.4 Å². The molecule has 0 aliphatic carbocycles. The fraction of sp³-hybridized carbons (Fsp3) is 0.130. The summed E-state index contributed by atoms with van der Waals surface area (Å²) in [6.07, 6.45) is 1.46. The average Bonchev–Trinajstić information content (AvgIpc) is 3.33. The van der Waals surface area contributed by atoms with Gasteiger partial charge >= 0.3 is 11.9 Å². The lowest BCUT2D eigenvalue weighted by atomic mass is 10.1. The molecule has 0 unspecified atom stereocenters. The molecule has 0 saturated carbocycles. The van der Waals surface area contributed by atoms with Crippen LogP contribution in [-0.4, -0.2) is 38.3 Å². The molecule has 1 aromatic heterocycles. The Balaban J connectivity index is 1.89. The second kappa shape index (κ2) is 10.2. The van der Waals surface area contributed by atoms with Crippen LogP contribution in [0.1, 0.15) is 25.7 Å². The molecule has 0 atom stereocenters. The van der Waals surface area contributed by atoms with Crippen molar-refractivity contribution in [2.45, 2.75) is 0 Å². The molecule has 162 valence electrons. The number of anilines is 1. The summed E-state index contributed by atoms with van der Waals surface area (Å²) in [6.45, 7) is 0. The van der Waals surface area contributed by atoms with Crippen LogP contribution in [0.15, 0.2) is 54.0 Å². The molecule has 8 nitrogen and oxygen atoms in total. The Labute approximate surface area is 188 Å². The second-order valence-electron chi connectivity index (χ2n) is 6.37. The lowest BCUT2D eigenvalue weighted by Crippen LogP contribution is -2.07. The first-order chi connectivity index (χ1) is 15.5. The van der Waals surface area contributed by atoms with Crippen LogP contribution in [0.2, 0.25) is 0 Å². The van der Waals surface area contributed by atoms with E-state index in [9.17, 15) is 14.9 Å². The van der Waals surface area contributed by atoms with Crippen LogP contribution in [-0.2, 0) is 9.47 Å². The first-order valence-electron chi connectivity index (χ1n) is 9.28. The van der Waals surface area contributed by atoms with Crippen molar-refractivity contribution in [3.05, 3.63) is 70.2 Å². The van der Waals surface area contributed by atoms with Crippen molar-refractivity contribution in [3.8, 4) is 23.1 Å².